The van der Waals surface area contributed by atoms with Crippen molar-refractivity contribution in [1.29, 1.82) is 0 Å². The first-order valence-electron chi connectivity index (χ1n) is 7.79. The zero-order valence-corrected chi connectivity index (χ0v) is 15.2. The summed E-state index contributed by atoms with van der Waals surface area (Å²) in [4.78, 5) is 4.26. The molecule has 6 heteroatoms. The van der Waals surface area contributed by atoms with Crippen LogP contribution in [0.4, 0.5) is 5.82 Å². The van der Waals surface area contributed by atoms with Gasteiger partial charge in [0.25, 0.3) is 0 Å². The van der Waals surface area contributed by atoms with Crippen LogP contribution in [0.1, 0.15) is 30.5 Å². The number of hydrogen-bond donors (Lipinski definition) is 2. The van der Waals surface area contributed by atoms with E-state index in [1.54, 1.807) is 20.4 Å². The molecule has 2 aromatic rings. The molecule has 1 unspecified atom stereocenters. The van der Waals surface area contributed by atoms with E-state index in [1.807, 2.05) is 37.3 Å². The van der Waals surface area contributed by atoms with Crippen LogP contribution in [0.15, 0.2) is 36.5 Å². The van der Waals surface area contributed by atoms with Crippen molar-refractivity contribution in [2.75, 3.05) is 19.5 Å². The van der Waals surface area contributed by atoms with E-state index >= 15 is 0 Å². The fourth-order valence-corrected chi connectivity index (χ4v) is 2.65. The minimum atomic E-state index is 0.0645. The first-order valence-corrected chi connectivity index (χ1v) is 8.20. The lowest BCUT2D eigenvalue weighted by Crippen LogP contribution is -2.32. The average molecular weight is 345 g/mol. The molecular formula is C18H23N3O2S. The van der Waals surface area contributed by atoms with Gasteiger partial charge in [0.2, 0.25) is 0 Å². The van der Waals surface area contributed by atoms with Gasteiger partial charge in [-0.15, -0.1) is 0 Å². The average Bonchev–Trinajstić information content (AvgIpc) is 2.59. The number of ether oxygens (including phenoxy) is 2. The summed E-state index contributed by atoms with van der Waals surface area (Å²) in [5.74, 6) is 2.14. The van der Waals surface area contributed by atoms with Gasteiger partial charge in [-0.05, 0) is 61.0 Å². The fourth-order valence-electron chi connectivity index (χ4n) is 2.41. The second-order valence-corrected chi connectivity index (χ2v) is 5.80. The molecule has 1 aromatic carbocycles. The molecule has 0 radical (unpaired) electrons. The van der Waals surface area contributed by atoms with Crippen LogP contribution in [-0.2, 0) is 0 Å². The van der Waals surface area contributed by atoms with Crippen molar-refractivity contribution >= 4 is 23.1 Å². The zero-order chi connectivity index (χ0) is 17.5. The van der Waals surface area contributed by atoms with Gasteiger partial charge in [-0.2, -0.15) is 0 Å². The van der Waals surface area contributed by atoms with Gasteiger partial charge >= 0.3 is 0 Å². The maximum Gasteiger partial charge on any atom is 0.172 e. The first-order chi connectivity index (χ1) is 11.6. The van der Waals surface area contributed by atoms with Crippen LogP contribution in [0.5, 0.6) is 11.5 Å². The Morgan fingerprint density at radius 3 is 2.54 bits per heavy atom. The molecular weight excluding hydrogens is 322 g/mol. The Bertz CT molecular complexity index is 706. The van der Waals surface area contributed by atoms with Gasteiger partial charge in [-0.3, -0.25) is 0 Å². The maximum absolute atomic E-state index is 5.41. The fraction of sp³-hybridized carbons (Fsp3) is 0.333. The lowest BCUT2D eigenvalue weighted by Gasteiger charge is -2.21. The summed E-state index contributed by atoms with van der Waals surface area (Å²) in [6.45, 7) is 4.11. The Morgan fingerprint density at radius 2 is 1.92 bits per heavy atom. The normalized spacial score (nSPS) is 11.5. The molecule has 2 N–H and O–H groups in total. The van der Waals surface area contributed by atoms with Gasteiger partial charge in [-0.1, -0.05) is 13.0 Å². The Kier molecular flexibility index (Phi) is 6.37. The molecule has 1 aromatic heterocycles. The van der Waals surface area contributed by atoms with Crippen molar-refractivity contribution in [1.82, 2.24) is 10.3 Å². The molecule has 2 rings (SSSR count). The van der Waals surface area contributed by atoms with E-state index in [-0.39, 0.29) is 6.04 Å². The monoisotopic (exact) mass is 345 g/mol. The lowest BCUT2D eigenvalue weighted by atomic mass is 10.0. The number of benzene rings is 1. The second-order valence-electron chi connectivity index (χ2n) is 5.39. The minimum Gasteiger partial charge on any atom is -0.493 e. The van der Waals surface area contributed by atoms with E-state index in [9.17, 15) is 0 Å². The van der Waals surface area contributed by atoms with E-state index in [0.29, 0.717) is 16.6 Å². The minimum absolute atomic E-state index is 0.0645. The second kappa shape index (κ2) is 8.49. The number of methoxy groups -OCH3 is 2. The number of hydrogen-bond acceptors (Lipinski definition) is 4. The van der Waals surface area contributed by atoms with Crippen LogP contribution in [-0.4, -0.2) is 24.3 Å². The Hall–Kier alpha value is -2.34. The van der Waals surface area contributed by atoms with Gasteiger partial charge in [0.1, 0.15) is 5.82 Å². The summed E-state index contributed by atoms with van der Waals surface area (Å²) in [5.41, 5.74) is 2.21. The van der Waals surface area contributed by atoms with Gasteiger partial charge in [0.15, 0.2) is 16.6 Å². The maximum atomic E-state index is 5.41. The molecule has 0 aliphatic rings. The van der Waals surface area contributed by atoms with Crippen molar-refractivity contribution in [3.63, 3.8) is 0 Å². The Morgan fingerprint density at radius 1 is 1.17 bits per heavy atom. The number of pyridine rings is 1. The third kappa shape index (κ3) is 4.58. The highest BCUT2D eigenvalue weighted by molar-refractivity contribution is 7.80. The molecule has 24 heavy (non-hydrogen) atoms. The molecule has 0 aliphatic heterocycles. The van der Waals surface area contributed by atoms with Gasteiger partial charge in [-0.25, -0.2) is 4.98 Å². The largest absolute Gasteiger partial charge is 0.493 e. The Balaban J connectivity index is 2.09. The van der Waals surface area contributed by atoms with Gasteiger partial charge < -0.3 is 20.1 Å². The highest BCUT2D eigenvalue weighted by atomic mass is 32.1. The van der Waals surface area contributed by atoms with Crippen molar-refractivity contribution in [3.05, 3.63) is 47.7 Å². The van der Waals surface area contributed by atoms with Gasteiger partial charge in [0, 0.05) is 6.20 Å². The molecule has 0 saturated carbocycles. The number of nitrogens with one attached hydrogen (secondary N) is 2. The van der Waals surface area contributed by atoms with Crippen molar-refractivity contribution in [3.8, 4) is 11.5 Å². The van der Waals surface area contributed by atoms with Crippen LogP contribution < -0.4 is 20.1 Å². The van der Waals surface area contributed by atoms with Crippen LogP contribution in [0.25, 0.3) is 0 Å². The highest BCUT2D eigenvalue weighted by Gasteiger charge is 2.14. The summed E-state index contributed by atoms with van der Waals surface area (Å²) in [5, 5.41) is 6.98. The third-order valence-electron chi connectivity index (χ3n) is 3.68. The molecule has 0 amide bonds. The Labute approximate surface area is 148 Å². The molecule has 0 aliphatic carbocycles. The summed E-state index contributed by atoms with van der Waals surface area (Å²) in [7, 11) is 3.26. The third-order valence-corrected chi connectivity index (χ3v) is 3.90. The first kappa shape index (κ1) is 18.0. The van der Waals surface area contributed by atoms with Crippen LogP contribution in [0.2, 0.25) is 0 Å². The lowest BCUT2D eigenvalue weighted by molar-refractivity contribution is 0.354. The predicted octanol–water partition coefficient (Wildman–Crippen LogP) is 3.84. The number of thiocarbonyl (C=S) groups is 1. The topological polar surface area (TPSA) is 55.4 Å². The quantitative estimate of drug-likeness (QED) is 0.776. The number of rotatable bonds is 6. The van der Waals surface area contributed by atoms with E-state index in [4.69, 9.17) is 21.7 Å². The summed E-state index contributed by atoms with van der Waals surface area (Å²) >= 11 is 5.41. The van der Waals surface area contributed by atoms with E-state index in [0.717, 1.165) is 23.4 Å². The molecule has 0 fully saturated rings. The van der Waals surface area contributed by atoms with Gasteiger partial charge in [0.05, 0.1) is 20.3 Å². The smallest absolute Gasteiger partial charge is 0.172 e. The number of aromatic nitrogens is 1. The zero-order valence-electron chi connectivity index (χ0n) is 14.4. The SMILES string of the molecule is CCC(NC(=S)Nc1cc(C)ccn1)c1ccc(OC)c(OC)c1. The molecule has 0 spiro atoms. The van der Waals surface area contributed by atoms with Crippen molar-refractivity contribution in [2.45, 2.75) is 26.3 Å². The van der Waals surface area contributed by atoms with Crippen LogP contribution in [0, 0.1) is 6.92 Å². The summed E-state index contributed by atoms with van der Waals surface area (Å²) in [6.07, 6.45) is 2.63. The van der Waals surface area contributed by atoms with Crippen LogP contribution in [0.3, 0.4) is 0 Å². The molecule has 0 saturated heterocycles. The number of anilines is 1. The summed E-state index contributed by atoms with van der Waals surface area (Å²) < 4.78 is 10.7. The highest BCUT2D eigenvalue weighted by Crippen LogP contribution is 2.30. The van der Waals surface area contributed by atoms with E-state index < -0.39 is 0 Å². The predicted molar refractivity (Wildman–Crippen MR) is 101 cm³/mol. The standard InChI is InChI=1S/C18H23N3O2S/c1-5-14(13-6-7-15(22-3)16(11-13)23-4)20-18(24)21-17-10-12(2)8-9-19-17/h6-11,14H,5H2,1-4H3,(H2,19,20,21,24). The molecule has 128 valence electrons. The van der Waals surface area contributed by atoms with Crippen molar-refractivity contribution in [2.24, 2.45) is 0 Å². The number of aryl methyl sites for hydroxylation is 1. The summed E-state index contributed by atoms with van der Waals surface area (Å²) in [6, 6.07) is 9.83. The molecule has 0 bridgehead atoms. The number of nitrogens with zero attached hydrogens (tertiary/aromatic N) is 1. The van der Waals surface area contributed by atoms with Crippen molar-refractivity contribution < 1.29 is 9.47 Å². The van der Waals surface area contributed by atoms with Crippen LogP contribution >= 0.6 is 12.2 Å². The molecule has 1 heterocycles. The van der Waals surface area contributed by atoms with E-state index in [2.05, 4.69) is 22.5 Å². The van der Waals surface area contributed by atoms with E-state index in [1.165, 1.54) is 0 Å². The molecule has 1 atom stereocenters. The molecule has 5 nitrogen and oxygen atoms in total.